The van der Waals surface area contributed by atoms with Crippen molar-refractivity contribution in [1.82, 2.24) is 0 Å². The molecule has 2 nitrogen and oxygen atoms in total. The van der Waals surface area contributed by atoms with E-state index in [2.05, 4.69) is 27.9 Å². The largest absolute Gasteiger partial charge is 0.332 e. The van der Waals surface area contributed by atoms with Gasteiger partial charge in [0.05, 0.1) is 27.2 Å². The second-order valence-corrected chi connectivity index (χ2v) is 8.65. The summed E-state index contributed by atoms with van der Waals surface area (Å²) >= 11 is 0. The number of hydrogen-bond donors (Lipinski definition) is 0. The first-order chi connectivity index (χ1) is 12.1. The van der Waals surface area contributed by atoms with E-state index in [0.717, 1.165) is 17.8 Å². The summed E-state index contributed by atoms with van der Waals surface area (Å²) in [5.41, 5.74) is 0. The van der Waals surface area contributed by atoms with Crippen molar-refractivity contribution in [2.45, 2.75) is 117 Å². The zero-order valence-corrected chi connectivity index (χ0v) is 18.3. The van der Waals surface area contributed by atoms with Crippen LogP contribution in [0.1, 0.15) is 117 Å². The van der Waals surface area contributed by atoms with Gasteiger partial charge in [-0.15, -0.1) is 0 Å². The molecule has 0 N–H and O–H groups in total. The molecule has 0 bridgehead atoms. The average molecular weight is 357 g/mol. The highest BCUT2D eigenvalue weighted by atomic mass is 16.5. The molecule has 0 radical (unpaired) electrons. The first-order valence-corrected chi connectivity index (χ1v) is 11.5. The minimum atomic E-state index is 0.882. The van der Waals surface area contributed by atoms with Crippen LogP contribution in [-0.4, -0.2) is 38.5 Å². The van der Waals surface area contributed by atoms with Crippen molar-refractivity contribution in [3.63, 3.8) is 0 Å². The van der Waals surface area contributed by atoms with Gasteiger partial charge in [-0.25, -0.2) is 0 Å². The lowest BCUT2D eigenvalue weighted by Crippen LogP contribution is -2.42. The van der Waals surface area contributed by atoms with Crippen LogP contribution in [-0.2, 0) is 4.74 Å². The van der Waals surface area contributed by atoms with Crippen molar-refractivity contribution < 1.29 is 9.22 Å². The number of quaternary nitrogens is 1. The lowest BCUT2D eigenvalue weighted by molar-refractivity contribution is -0.909. The maximum absolute atomic E-state index is 5.94. The molecule has 0 aromatic heterocycles. The van der Waals surface area contributed by atoms with Gasteiger partial charge in [0, 0.05) is 0 Å². The Kier molecular flexibility index (Phi) is 18.6. The van der Waals surface area contributed by atoms with Crippen molar-refractivity contribution >= 4 is 0 Å². The third-order valence-electron chi connectivity index (χ3n) is 5.20. The summed E-state index contributed by atoms with van der Waals surface area (Å²) < 4.78 is 6.96. The highest BCUT2D eigenvalue weighted by Gasteiger charge is 2.14. The summed E-state index contributed by atoms with van der Waals surface area (Å²) in [5.74, 6) is 0. The van der Waals surface area contributed by atoms with Crippen LogP contribution < -0.4 is 0 Å². The van der Waals surface area contributed by atoms with E-state index in [1.807, 2.05) is 0 Å². The normalized spacial score (nSPS) is 12.0. The zero-order chi connectivity index (χ0) is 18.6. The van der Waals surface area contributed by atoms with Gasteiger partial charge in [-0.2, -0.15) is 0 Å². The van der Waals surface area contributed by atoms with Crippen LogP contribution in [0.5, 0.6) is 0 Å². The Morgan fingerprint density at radius 3 is 1.40 bits per heavy atom. The molecular weight excluding hydrogens is 306 g/mol. The van der Waals surface area contributed by atoms with Gasteiger partial charge in [0.1, 0.15) is 0 Å². The van der Waals surface area contributed by atoms with E-state index in [1.54, 1.807) is 0 Å². The second-order valence-electron chi connectivity index (χ2n) is 8.65. The summed E-state index contributed by atoms with van der Waals surface area (Å²) in [4.78, 5) is 0. The van der Waals surface area contributed by atoms with Crippen molar-refractivity contribution in [3.8, 4) is 0 Å². The smallest absolute Gasteiger partial charge is 0.182 e. The summed E-state index contributed by atoms with van der Waals surface area (Å²) in [6, 6.07) is 0. The Balaban J connectivity index is 3.32. The molecule has 0 saturated carbocycles. The van der Waals surface area contributed by atoms with E-state index in [-0.39, 0.29) is 0 Å². The van der Waals surface area contributed by atoms with Gasteiger partial charge in [0.25, 0.3) is 0 Å². The Bertz CT molecular complexity index is 252. The first-order valence-electron chi connectivity index (χ1n) is 11.5. The molecule has 152 valence electrons. The summed E-state index contributed by atoms with van der Waals surface area (Å²) in [6.45, 7) is 7.66. The fraction of sp³-hybridized carbons (Fsp3) is 1.00. The molecule has 25 heavy (non-hydrogen) atoms. The van der Waals surface area contributed by atoms with Crippen LogP contribution in [0.2, 0.25) is 0 Å². The van der Waals surface area contributed by atoms with E-state index < -0.39 is 0 Å². The molecule has 0 atom stereocenters. The number of rotatable bonds is 20. The van der Waals surface area contributed by atoms with Gasteiger partial charge in [0.15, 0.2) is 6.73 Å². The number of ether oxygens (including phenoxy) is 1. The Hall–Kier alpha value is -0.0800. The molecule has 0 spiro atoms. The van der Waals surface area contributed by atoms with Gasteiger partial charge in [-0.1, -0.05) is 97.3 Å². The SMILES string of the molecule is CCCCCCCCCCOC[N+](C)(C)CCCCCCCCCC. The van der Waals surface area contributed by atoms with Crippen molar-refractivity contribution in [2.24, 2.45) is 0 Å². The van der Waals surface area contributed by atoms with E-state index in [4.69, 9.17) is 4.74 Å². The molecule has 0 aliphatic carbocycles. The minimum absolute atomic E-state index is 0.882. The number of nitrogens with zero attached hydrogens (tertiary/aromatic N) is 1. The van der Waals surface area contributed by atoms with Gasteiger partial charge >= 0.3 is 0 Å². The van der Waals surface area contributed by atoms with Gasteiger partial charge in [0.2, 0.25) is 0 Å². The zero-order valence-electron chi connectivity index (χ0n) is 18.3. The summed E-state index contributed by atoms with van der Waals surface area (Å²) in [6.07, 6.45) is 22.2. The molecule has 0 aliphatic rings. The lowest BCUT2D eigenvalue weighted by Gasteiger charge is -2.29. The highest BCUT2D eigenvalue weighted by molar-refractivity contribution is 4.47. The highest BCUT2D eigenvalue weighted by Crippen LogP contribution is 2.11. The van der Waals surface area contributed by atoms with Crippen LogP contribution in [0.4, 0.5) is 0 Å². The molecule has 0 aromatic carbocycles. The molecule has 0 heterocycles. The third-order valence-corrected chi connectivity index (χ3v) is 5.20. The van der Waals surface area contributed by atoms with Crippen LogP contribution in [0, 0.1) is 0 Å². The molecule has 0 amide bonds. The van der Waals surface area contributed by atoms with Gasteiger partial charge < -0.3 is 9.22 Å². The van der Waals surface area contributed by atoms with E-state index in [1.165, 1.54) is 109 Å². The monoisotopic (exact) mass is 356 g/mol. The van der Waals surface area contributed by atoms with Crippen LogP contribution >= 0.6 is 0 Å². The van der Waals surface area contributed by atoms with Crippen molar-refractivity contribution in [1.29, 1.82) is 0 Å². The minimum Gasteiger partial charge on any atom is -0.332 e. The van der Waals surface area contributed by atoms with Crippen molar-refractivity contribution in [2.75, 3.05) is 34.0 Å². The predicted molar refractivity (Wildman–Crippen MR) is 113 cm³/mol. The average Bonchev–Trinajstić information content (AvgIpc) is 2.59. The molecule has 0 unspecified atom stereocenters. The standard InChI is InChI=1S/C23H50NO/c1-5-7-9-11-13-15-17-19-21-24(3,4)23-25-22-20-18-16-14-12-10-8-6-2/h5-23H2,1-4H3/q+1. The predicted octanol–water partition coefficient (Wildman–Crippen LogP) is 7.32. The molecule has 0 aromatic rings. The Morgan fingerprint density at radius 1 is 0.520 bits per heavy atom. The first kappa shape index (κ1) is 24.9. The molecule has 2 heteroatoms. The maximum atomic E-state index is 5.94. The quantitative estimate of drug-likeness (QED) is 0.126. The molecule has 0 saturated heterocycles. The summed E-state index contributed by atoms with van der Waals surface area (Å²) in [5, 5.41) is 0. The third kappa shape index (κ3) is 20.1. The Labute approximate surface area is 160 Å². The lowest BCUT2D eigenvalue weighted by atomic mass is 10.1. The fourth-order valence-electron chi connectivity index (χ4n) is 3.39. The molecule has 0 aliphatic heterocycles. The van der Waals surface area contributed by atoms with E-state index in [9.17, 15) is 0 Å². The summed E-state index contributed by atoms with van der Waals surface area (Å²) in [7, 11) is 4.63. The van der Waals surface area contributed by atoms with Gasteiger partial charge in [-0.3, -0.25) is 0 Å². The number of unbranched alkanes of at least 4 members (excludes halogenated alkanes) is 14. The van der Waals surface area contributed by atoms with Crippen molar-refractivity contribution in [3.05, 3.63) is 0 Å². The molecular formula is C23H50NO+. The second kappa shape index (κ2) is 18.7. The van der Waals surface area contributed by atoms with E-state index >= 15 is 0 Å². The number of hydrogen-bond acceptors (Lipinski definition) is 1. The van der Waals surface area contributed by atoms with Crippen LogP contribution in [0.25, 0.3) is 0 Å². The topological polar surface area (TPSA) is 9.23 Å². The van der Waals surface area contributed by atoms with E-state index in [0.29, 0.717) is 0 Å². The fourth-order valence-corrected chi connectivity index (χ4v) is 3.39. The molecule has 0 fully saturated rings. The Morgan fingerprint density at radius 2 is 0.920 bits per heavy atom. The van der Waals surface area contributed by atoms with Crippen LogP contribution in [0.15, 0.2) is 0 Å². The molecule has 0 rings (SSSR count). The van der Waals surface area contributed by atoms with Crippen LogP contribution in [0.3, 0.4) is 0 Å². The maximum Gasteiger partial charge on any atom is 0.182 e. The van der Waals surface area contributed by atoms with Gasteiger partial charge in [-0.05, 0) is 19.3 Å².